The lowest BCUT2D eigenvalue weighted by molar-refractivity contribution is -0.129. The maximum absolute atomic E-state index is 12.5. The first kappa shape index (κ1) is 21.1. The summed E-state index contributed by atoms with van der Waals surface area (Å²) in [7, 11) is 0.373. The second kappa shape index (κ2) is 8.41. The molecule has 28 heavy (non-hydrogen) atoms. The van der Waals surface area contributed by atoms with Gasteiger partial charge < -0.3 is 9.64 Å². The van der Waals surface area contributed by atoms with Crippen molar-refractivity contribution in [3.63, 3.8) is 0 Å². The third-order valence-electron chi connectivity index (χ3n) is 6.01. The third-order valence-corrected chi connectivity index (χ3v) is 7.96. The number of hydrogen-bond donors (Lipinski definition) is 0. The van der Waals surface area contributed by atoms with Crippen LogP contribution in [0.25, 0.3) is 0 Å². The number of carbonyl (C=O) groups excluding carboxylic acids is 1. The molecular weight excluding hydrogens is 376 g/mol. The van der Waals surface area contributed by atoms with Gasteiger partial charge in [0.2, 0.25) is 15.9 Å². The Hall–Kier alpha value is -1.60. The van der Waals surface area contributed by atoms with Gasteiger partial charge >= 0.3 is 0 Å². The van der Waals surface area contributed by atoms with Gasteiger partial charge in [0, 0.05) is 52.4 Å². The Morgan fingerprint density at radius 3 is 2.57 bits per heavy atom. The Kier molecular flexibility index (Phi) is 6.34. The molecule has 1 amide bonds. The van der Waals surface area contributed by atoms with Crippen LogP contribution in [0.4, 0.5) is 0 Å². The second-order valence-electron chi connectivity index (χ2n) is 8.28. The molecule has 0 bridgehead atoms. The van der Waals surface area contributed by atoms with Crippen molar-refractivity contribution >= 4 is 15.9 Å². The van der Waals surface area contributed by atoms with Crippen LogP contribution in [0.1, 0.15) is 56.9 Å². The highest BCUT2D eigenvalue weighted by Crippen LogP contribution is 2.46. The van der Waals surface area contributed by atoms with Gasteiger partial charge in [0.25, 0.3) is 0 Å². The van der Waals surface area contributed by atoms with Crippen molar-refractivity contribution in [1.29, 1.82) is 0 Å². The minimum Gasteiger partial charge on any atom is -0.487 e. The molecule has 2 aliphatic rings. The number of ether oxygens (including phenoxy) is 1. The van der Waals surface area contributed by atoms with Gasteiger partial charge in [-0.05, 0) is 24.5 Å². The lowest BCUT2D eigenvalue weighted by Crippen LogP contribution is -2.52. The van der Waals surface area contributed by atoms with Crippen molar-refractivity contribution < 1.29 is 17.9 Å². The standard InChI is InChI=1S/C21H32N2O4S/c1-4-5-14-28(25,26)23-12-10-21(11-13-23)16-17(15-20(24)22(2)3)18-8-6-7-9-19(18)27-21/h6-9,17H,4-5,10-16H2,1-3H3/t17-/m1/s1. The van der Waals surface area contributed by atoms with E-state index in [9.17, 15) is 13.2 Å². The number of rotatable bonds is 6. The van der Waals surface area contributed by atoms with Crippen LogP contribution < -0.4 is 4.74 Å². The van der Waals surface area contributed by atoms with Crippen LogP contribution in [0.5, 0.6) is 5.75 Å². The molecule has 156 valence electrons. The fourth-order valence-electron chi connectivity index (χ4n) is 4.25. The number of para-hydroxylation sites is 1. The first-order valence-electron chi connectivity index (χ1n) is 10.2. The monoisotopic (exact) mass is 408 g/mol. The number of nitrogens with zero attached hydrogens (tertiary/aromatic N) is 2. The number of unbranched alkanes of at least 4 members (excludes halogenated alkanes) is 1. The number of piperidine rings is 1. The van der Waals surface area contributed by atoms with Crippen LogP contribution >= 0.6 is 0 Å². The number of amides is 1. The Balaban J connectivity index is 1.76. The van der Waals surface area contributed by atoms with E-state index in [4.69, 9.17) is 4.74 Å². The predicted molar refractivity (Wildman–Crippen MR) is 110 cm³/mol. The molecule has 2 heterocycles. The molecule has 0 aromatic heterocycles. The van der Waals surface area contributed by atoms with Crippen LogP contribution in [0.3, 0.4) is 0 Å². The van der Waals surface area contributed by atoms with Crippen molar-refractivity contribution in [3.05, 3.63) is 29.8 Å². The van der Waals surface area contributed by atoms with Gasteiger partial charge in [-0.25, -0.2) is 12.7 Å². The highest BCUT2D eigenvalue weighted by Gasteiger charge is 2.45. The van der Waals surface area contributed by atoms with E-state index in [0.717, 1.165) is 24.2 Å². The molecule has 3 rings (SSSR count). The molecule has 2 aliphatic heterocycles. The Bertz CT molecular complexity index is 798. The smallest absolute Gasteiger partial charge is 0.222 e. The van der Waals surface area contributed by atoms with Crippen LogP contribution in [-0.4, -0.2) is 62.1 Å². The number of hydrogen-bond acceptors (Lipinski definition) is 4. The van der Waals surface area contributed by atoms with Gasteiger partial charge in [0.1, 0.15) is 11.4 Å². The van der Waals surface area contributed by atoms with Crippen LogP contribution in [0.2, 0.25) is 0 Å². The average Bonchev–Trinajstić information content (AvgIpc) is 2.66. The average molecular weight is 409 g/mol. The number of fused-ring (bicyclic) bond motifs is 1. The van der Waals surface area contributed by atoms with Crippen molar-refractivity contribution in [2.45, 2.75) is 57.0 Å². The molecule has 0 N–H and O–H groups in total. The molecule has 1 spiro atoms. The van der Waals surface area contributed by atoms with Gasteiger partial charge in [-0.3, -0.25) is 4.79 Å². The molecule has 0 radical (unpaired) electrons. The minimum absolute atomic E-state index is 0.100. The normalized spacial score (nSPS) is 21.8. The van der Waals surface area contributed by atoms with E-state index in [-0.39, 0.29) is 23.2 Å². The highest BCUT2D eigenvalue weighted by atomic mass is 32.2. The quantitative estimate of drug-likeness (QED) is 0.726. The van der Waals surface area contributed by atoms with E-state index in [1.165, 1.54) is 0 Å². The van der Waals surface area contributed by atoms with Gasteiger partial charge in [-0.1, -0.05) is 31.5 Å². The molecule has 7 heteroatoms. The Morgan fingerprint density at radius 1 is 1.25 bits per heavy atom. The molecule has 1 atom stereocenters. The molecule has 1 saturated heterocycles. The zero-order chi connectivity index (χ0) is 20.4. The summed E-state index contributed by atoms with van der Waals surface area (Å²) in [4.78, 5) is 14.0. The van der Waals surface area contributed by atoms with E-state index in [1.807, 2.05) is 31.2 Å². The zero-order valence-electron chi connectivity index (χ0n) is 17.2. The van der Waals surface area contributed by atoms with E-state index in [2.05, 4.69) is 0 Å². The first-order valence-corrected chi connectivity index (χ1v) is 11.8. The molecule has 1 fully saturated rings. The molecule has 0 aliphatic carbocycles. The van der Waals surface area contributed by atoms with Crippen LogP contribution in [0, 0.1) is 0 Å². The summed E-state index contributed by atoms with van der Waals surface area (Å²) in [6.07, 6.45) is 4.11. The summed E-state index contributed by atoms with van der Waals surface area (Å²) in [6.45, 7) is 2.98. The van der Waals surface area contributed by atoms with E-state index < -0.39 is 10.0 Å². The van der Waals surface area contributed by atoms with Crippen LogP contribution in [0.15, 0.2) is 24.3 Å². The largest absolute Gasteiger partial charge is 0.487 e. The van der Waals surface area contributed by atoms with E-state index >= 15 is 0 Å². The van der Waals surface area contributed by atoms with Crippen molar-refractivity contribution in [3.8, 4) is 5.75 Å². The molecule has 1 aromatic carbocycles. The maximum Gasteiger partial charge on any atom is 0.222 e. The summed E-state index contributed by atoms with van der Waals surface area (Å²) < 4.78 is 33.1. The molecule has 0 unspecified atom stereocenters. The van der Waals surface area contributed by atoms with Crippen molar-refractivity contribution in [2.75, 3.05) is 32.9 Å². The molecule has 6 nitrogen and oxygen atoms in total. The zero-order valence-corrected chi connectivity index (χ0v) is 18.0. The summed E-state index contributed by atoms with van der Waals surface area (Å²) in [6, 6.07) is 7.94. The fourth-order valence-corrected chi connectivity index (χ4v) is 5.90. The number of carbonyl (C=O) groups is 1. The fraction of sp³-hybridized carbons (Fsp3) is 0.667. The van der Waals surface area contributed by atoms with Crippen molar-refractivity contribution in [1.82, 2.24) is 9.21 Å². The topological polar surface area (TPSA) is 66.9 Å². The summed E-state index contributed by atoms with van der Waals surface area (Å²) >= 11 is 0. The van der Waals surface area contributed by atoms with E-state index in [0.29, 0.717) is 38.8 Å². The molecular formula is C21H32N2O4S. The van der Waals surface area contributed by atoms with Crippen molar-refractivity contribution in [2.24, 2.45) is 0 Å². The van der Waals surface area contributed by atoms with E-state index in [1.54, 1.807) is 23.3 Å². The van der Waals surface area contributed by atoms with Crippen LogP contribution in [-0.2, 0) is 14.8 Å². The van der Waals surface area contributed by atoms with Gasteiger partial charge in [-0.2, -0.15) is 0 Å². The maximum atomic E-state index is 12.5. The van der Waals surface area contributed by atoms with Gasteiger partial charge in [-0.15, -0.1) is 0 Å². The molecule has 0 saturated carbocycles. The summed E-state index contributed by atoms with van der Waals surface area (Å²) in [5.74, 6) is 1.27. The SMILES string of the molecule is CCCCS(=O)(=O)N1CCC2(CC1)C[C@@H](CC(=O)N(C)C)c1ccccc1O2. The lowest BCUT2D eigenvalue weighted by Gasteiger charge is -2.46. The lowest BCUT2D eigenvalue weighted by atomic mass is 9.76. The summed E-state index contributed by atoms with van der Waals surface area (Å²) in [5.41, 5.74) is 0.698. The third kappa shape index (κ3) is 4.51. The first-order chi connectivity index (χ1) is 13.3. The van der Waals surface area contributed by atoms with Gasteiger partial charge in [0.05, 0.1) is 5.75 Å². The predicted octanol–water partition coefficient (Wildman–Crippen LogP) is 3.00. The summed E-state index contributed by atoms with van der Waals surface area (Å²) in [5, 5.41) is 0. The second-order valence-corrected chi connectivity index (χ2v) is 10.4. The minimum atomic E-state index is -3.19. The molecule has 1 aromatic rings. The van der Waals surface area contributed by atoms with Gasteiger partial charge in [0.15, 0.2) is 0 Å². The highest BCUT2D eigenvalue weighted by molar-refractivity contribution is 7.89. The number of sulfonamides is 1. The number of benzene rings is 1. The Labute approximate surface area is 168 Å². The Morgan fingerprint density at radius 2 is 1.93 bits per heavy atom.